The van der Waals surface area contributed by atoms with Crippen LogP contribution in [-0.4, -0.2) is 27.1 Å². The van der Waals surface area contributed by atoms with Crippen molar-refractivity contribution in [3.8, 4) is 0 Å². The van der Waals surface area contributed by atoms with Crippen LogP contribution in [0.2, 0.25) is 0 Å². The SMILES string of the molecule is O=C(O)C(Nc1ncccn1)C1CC1. The molecule has 0 spiro atoms. The number of carboxylic acid groups (broad SMARTS) is 1. The summed E-state index contributed by atoms with van der Waals surface area (Å²) >= 11 is 0. The zero-order chi connectivity index (χ0) is 9.97. The lowest BCUT2D eigenvalue weighted by molar-refractivity contribution is -0.138. The minimum atomic E-state index is -0.833. The Morgan fingerprint density at radius 3 is 2.64 bits per heavy atom. The first kappa shape index (κ1) is 8.93. The third-order valence-electron chi connectivity index (χ3n) is 2.21. The predicted octanol–water partition coefficient (Wildman–Crippen LogP) is 0.752. The number of aromatic nitrogens is 2. The van der Waals surface area contributed by atoms with Gasteiger partial charge in [0.1, 0.15) is 6.04 Å². The van der Waals surface area contributed by atoms with Gasteiger partial charge in [-0.25, -0.2) is 14.8 Å². The summed E-state index contributed by atoms with van der Waals surface area (Å²) in [5.41, 5.74) is 0. The van der Waals surface area contributed by atoms with Crippen LogP contribution in [-0.2, 0) is 4.79 Å². The van der Waals surface area contributed by atoms with E-state index in [-0.39, 0.29) is 5.92 Å². The van der Waals surface area contributed by atoms with E-state index in [1.807, 2.05) is 0 Å². The van der Waals surface area contributed by atoms with Crippen LogP contribution in [0.1, 0.15) is 12.8 Å². The van der Waals surface area contributed by atoms with Crippen LogP contribution in [0, 0.1) is 5.92 Å². The minimum absolute atomic E-state index is 0.233. The van der Waals surface area contributed by atoms with Gasteiger partial charge in [0.05, 0.1) is 0 Å². The minimum Gasteiger partial charge on any atom is -0.480 e. The standard InChI is InChI=1S/C9H11N3O2/c13-8(14)7(6-2-3-6)12-9-10-4-1-5-11-9/h1,4-7H,2-3H2,(H,13,14)(H,10,11,12). The molecule has 5 nitrogen and oxygen atoms in total. The van der Waals surface area contributed by atoms with Crippen LogP contribution >= 0.6 is 0 Å². The normalized spacial score (nSPS) is 17.4. The third kappa shape index (κ3) is 1.99. The molecule has 1 unspecified atom stereocenters. The number of aliphatic carboxylic acids is 1. The highest BCUT2D eigenvalue weighted by molar-refractivity contribution is 5.77. The molecule has 0 amide bonds. The van der Waals surface area contributed by atoms with Gasteiger partial charge >= 0.3 is 5.97 Å². The van der Waals surface area contributed by atoms with Crippen LogP contribution in [0.25, 0.3) is 0 Å². The second-order valence-electron chi connectivity index (χ2n) is 3.37. The highest BCUT2D eigenvalue weighted by Crippen LogP contribution is 2.33. The number of carboxylic acids is 1. The van der Waals surface area contributed by atoms with Crippen LogP contribution in [0.5, 0.6) is 0 Å². The van der Waals surface area contributed by atoms with Gasteiger partial charge in [-0.15, -0.1) is 0 Å². The molecule has 0 aromatic carbocycles. The van der Waals surface area contributed by atoms with Gasteiger partial charge in [0.2, 0.25) is 5.95 Å². The molecule has 2 N–H and O–H groups in total. The molecule has 1 atom stereocenters. The molecular formula is C9H11N3O2. The average molecular weight is 193 g/mol. The second kappa shape index (κ2) is 3.61. The summed E-state index contributed by atoms with van der Waals surface area (Å²) in [6.45, 7) is 0. The van der Waals surface area contributed by atoms with Crippen LogP contribution in [0.4, 0.5) is 5.95 Å². The number of anilines is 1. The molecule has 1 aromatic heterocycles. The summed E-state index contributed by atoms with van der Waals surface area (Å²) in [5.74, 6) is -0.219. The number of nitrogens with zero attached hydrogens (tertiary/aromatic N) is 2. The van der Waals surface area contributed by atoms with Crippen LogP contribution in [0.3, 0.4) is 0 Å². The molecule has 2 rings (SSSR count). The van der Waals surface area contributed by atoms with E-state index in [0.717, 1.165) is 12.8 Å². The first-order valence-corrected chi connectivity index (χ1v) is 4.54. The number of hydrogen-bond acceptors (Lipinski definition) is 4. The van der Waals surface area contributed by atoms with Crippen molar-refractivity contribution in [2.24, 2.45) is 5.92 Å². The summed E-state index contributed by atoms with van der Waals surface area (Å²) in [5, 5.41) is 11.7. The Bertz CT molecular complexity index is 324. The molecule has 1 heterocycles. The van der Waals surface area contributed by atoms with Gasteiger partial charge in [-0.3, -0.25) is 0 Å². The monoisotopic (exact) mass is 193 g/mol. The fourth-order valence-corrected chi connectivity index (χ4v) is 1.32. The molecule has 0 saturated heterocycles. The van der Waals surface area contributed by atoms with E-state index in [1.54, 1.807) is 18.5 Å². The summed E-state index contributed by atoms with van der Waals surface area (Å²) in [6.07, 6.45) is 5.11. The molecular weight excluding hydrogens is 182 g/mol. The summed E-state index contributed by atoms with van der Waals surface area (Å²) < 4.78 is 0. The highest BCUT2D eigenvalue weighted by Gasteiger charge is 2.36. The van der Waals surface area contributed by atoms with Gasteiger partial charge in [-0.05, 0) is 24.8 Å². The van der Waals surface area contributed by atoms with Crippen LogP contribution in [0.15, 0.2) is 18.5 Å². The molecule has 0 aliphatic heterocycles. The summed E-state index contributed by atoms with van der Waals surface area (Å²) in [6, 6.07) is 1.15. The number of hydrogen-bond donors (Lipinski definition) is 2. The van der Waals surface area contributed by atoms with Gasteiger partial charge in [0, 0.05) is 12.4 Å². The molecule has 0 bridgehead atoms. The van der Waals surface area contributed by atoms with Crippen molar-refractivity contribution in [1.29, 1.82) is 0 Å². The second-order valence-corrected chi connectivity index (χ2v) is 3.37. The van der Waals surface area contributed by atoms with Crippen molar-refractivity contribution in [3.05, 3.63) is 18.5 Å². The van der Waals surface area contributed by atoms with E-state index in [1.165, 1.54) is 0 Å². The summed E-state index contributed by atoms with van der Waals surface area (Å²) in [4.78, 5) is 18.7. The number of nitrogens with one attached hydrogen (secondary N) is 1. The zero-order valence-corrected chi connectivity index (χ0v) is 7.55. The van der Waals surface area contributed by atoms with Crippen LogP contribution < -0.4 is 5.32 Å². The lowest BCUT2D eigenvalue weighted by atomic mass is 10.2. The largest absolute Gasteiger partial charge is 0.480 e. The predicted molar refractivity (Wildman–Crippen MR) is 49.8 cm³/mol. The van der Waals surface area contributed by atoms with E-state index in [4.69, 9.17) is 5.11 Å². The molecule has 14 heavy (non-hydrogen) atoms. The number of rotatable bonds is 4. The maximum Gasteiger partial charge on any atom is 0.326 e. The Morgan fingerprint density at radius 2 is 2.14 bits per heavy atom. The van der Waals surface area contributed by atoms with E-state index in [0.29, 0.717) is 5.95 Å². The fraction of sp³-hybridized carbons (Fsp3) is 0.444. The van der Waals surface area contributed by atoms with Crippen molar-refractivity contribution in [3.63, 3.8) is 0 Å². The van der Waals surface area contributed by atoms with Gasteiger partial charge in [0.15, 0.2) is 0 Å². The van der Waals surface area contributed by atoms with Crippen molar-refractivity contribution in [1.82, 2.24) is 9.97 Å². The molecule has 1 aromatic rings. The van der Waals surface area contributed by atoms with Crippen molar-refractivity contribution in [2.75, 3.05) is 5.32 Å². The molecule has 1 aliphatic carbocycles. The quantitative estimate of drug-likeness (QED) is 0.738. The maximum atomic E-state index is 10.9. The Balaban J connectivity index is 2.04. The third-order valence-corrected chi connectivity index (χ3v) is 2.21. The average Bonchev–Trinajstić information content (AvgIpc) is 2.99. The molecule has 1 aliphatic rings. The van der Waals surface area contributed by atoms with Crippen molar-refractivity contribution < 1.29 is 9.90 Å². The van der Waals surface area contributed by atoms with E-state index in [9.17, 15) is 4.79 Å². The van der Waals surface area contributed by atoms with Gasteiger partial charge in [-0.2, -0.15) is 0 Å². The Hall–Kier alpha value is -1.65. The van der Waals surface area contributed by atoms with E-state index in [2.05, 4.69) is 15.3 Å². The van der Waals surface area contributed by atoms with Gasteiger partial charge < -0.3 is 10.4 Å². The van der Waals surface area contributed by atoms with Gasteiger partial charge in [-0.1, -0.05) is 0 Å². The zero-order valence-electron chi connectivity index (χ0n) is 7.55. The first-order chi connectivity index (χ1) is 6.77. The smallest absolute Gasteiger partial charge is 0.326 e. The van der Waals surface area contributed by atoms with Crippen molar-refractivity contribution >= 4 is 11.9 Å². The first-order valence-electron chi connectivity index (χ1n) is 4.54. The molecule has 74 valence electrons. The fourth-order valence-electron chi connectivity index (χ4n) is 1.32. The van der Waals surface area contributed by atoms with E-state index < -0.39 is 12.0 Å². The molecule has 1 saturated carbocycles. The Labute approximate surface area is 81.2 Å². The molecule has 0 radical (unpaired) electrons. The lowest BCUT2D eigenvalue weighted by Crippen LogP contribution is -2.32. The topological polar surface area (TPSA) is 75.1 Å². The molecule has 1 fully saturated rings. The molecule has 5 heteroatoms. The van der Waals surface area contributed by atoms with Crippen molar-refractivity contribution in [2.45, 2.75) is 18.9 Å². The Kier molecular flexibility index (Phi) is 2.30. The Morgan fingerprint density at radius 1 is 1.50 bits per heavy atom. The van der Waals surface area contributed by atoms with Gasteiger partial charge in [0.25, 0.3) is 0 Å². The van der Waals surface area contributed by atoms with E-state index >= 15 is 0 Å². The lowest BCUT2D eigenvalue weighted by Gasteiger charge is -2.12. The highest BCUT2D eigenvalue weighted by atomic mass is 16.4. The number of carbonyl (C=O) groups is 1. The summed E-state index contributed by atoms with van der Waals surface area (Å²) in [7, 11) is 0. The maximum absolute atomic E-state index is 10.9.